The Balaban J connectivity index is 1.53. The van der Waals surface area contributed by atoms with E-state index in [0.29, 0.717) is 34.6 Å². The average molecular weight is 498 g/mol. The van der Waals surface area contributed by atoms with E-state index < -0.39 is 4.87 Å². The van der Waals surface area contributed by atoms with Gasteiger partial charge in [-0.3, -0.25) is 9.69 Å². The normalized spacial score (nSPS) is 19.3. The molecule has 2 aliphatic heterocycles. The molecule has 3 amide bonds. The van der Waals surface area contributed by atoms with Gasteiger partial charge in [0.2, 0.25) is 0 Å². The lowest BCUT2D eigenvalue weighted by Gasteiger charge is -2.33. The molecular formula is C25H21Cl2N3O2S. The molecule has 0 bridgehead atoms. The second kappa shape index (κ2) is 8.60. The molecule has 168 valence electrons. The second-order valence-electron chi connectivity index (χ2n) is 8.12. The summed E-state index contributed by atoms with van der Waals surface area (Å²) in [5, 5.41) is 4.03. The Hall–Kier alpha value is -2.67. The molecule has 2 aliphatic rings. The molecule has 1 atom stereocenters. The Morgan fingerprint density at radius 3 is 2.58 bits per heavy atom. The molecular weight excluding hydrogens is 477 g/mol. The summed E-state index contributed by atoms with van der Waals surface area (Å²) >= 11 is 13.8. The van der Waals surface area contributed by atoms with Crippen molar-refractivity contribution in [3.8, 4) is 0 Å². The Morgan fingerprint density at radius 2 is 1.82 bits per heavy atom. The lowest BCUT2D eigenvalue weighted by atomic mass is 10.1. The number of nitrogens with one attached hydrogen (secondary N) is 1. The lowest BCUT2D eigenvalue weighted by molar-refractivity contribution is -0.123. The molecule has 5 rings (SSSR count). The molecule has 0 aliphatic carbocycles. The number of amides is 3. The van der Waals surface area contributed by atoms with Crippen LogP contribution in [-0.4, -0.2) is 29.1 Å². The van der Waals surface area contributed by atoms with Crippen LogP contribution in [0.5, 0.6) is 0 Å². The third-order valence-electron chi connectivity index (χ3n) is 5.92. The Labute approximate surface area is 206 Å². The number of nitrogens with zero attached hydrogens (tertiary/aromatic N) is 2. The van der Waals surface area contributed by atoms with Crippen molar-refractivity contribution < 1.29 is 9.59 Å². The number of benzene rings is 3. The van der Waals surface area contributed by atoms with Gasteiger partial charge in [0.05, 0.1) is 12.2 Å². The second-order valence-corrected chi connectivity index (χ2v) is 10.3. The van der Waals surface area contributed by atoms with E-state index in [-0.39, 0.29) is 11.9 Å². The number of urea groups is 1. The molecule has 0 aromatic heterocycles. The zero-order valence-corrected chi connectivity index (χ0v) is 20.2. The molecule has 1 N–H and O–H groups in total. The zero-order valence-electron chi connectivity index (χ0n) is 17.8. The van der Waals surface area contributed by atoms with Crippen LogP contribution in [-0.2, 0) is 16.2 Å². The maximum atomic E-state index is 14.0. The number of aryl methyl sites for hydroxylation is 1. The highest BCUT2D eigenvalue weighted by atomic mass is 35.5. The van der Waals surface area contributed by atoms with E-state index in [2.05, 4.69) is 11.4 Å². The fourth-order valence-electron chi connectivity index (χ4n) is 4.46. The van der Waals surface area contributed by atoms with Gasteiger partial charge in [0.15, 0.2) is 4.87 Å². The van der Waals surface area contributed by atoms with Crippen LogP contribution in [0.25, 0.3) is 0 Å². The van der Waals surface area contributed by atoms with Crippen molar-refractivity contribution in [2.45, 2.75) is 18.3 Å². The van der Waals surface area contributed by atoms with Crippen LogP contribution in [0, 0.1) is 6.92 Å². The van der Waals surface area contributed by atoms with Crippen molar-refractivity contribution in [1.29, 1.82) is 0 Å². The number of rotatable bonds is 3. The number of hydrogen-bond acceptors (Lipinski definition) is 3. The third kappa shape index (κ3) is 3.86. The van der Waals surface area contributed by atoms with Crippen molar-refractivity contribution in [3.63, 3.8) is 0 Å². The van der Waals surface area contributed by atoms with Gasteiger partial charge < -0.3 is 10.2 Å². The molecule has 2 heterocycles. The molecule has 3 aromatic rings. The zero-order chi connectivity index (χ0) is 23.2. The number of hydrogen-bond donors (Lipinski definition) is 1. The number of fused-ring (bicyclic) bond motifs is 2. The van der Waals surface area contributed by atoms with E-state index in [9.17, 15) is 9.59 Å². The topological polar surface area (TPSA) is 52.7 Å². The number of anilines is 2. The van der Waals surface area contributed by atoms with Crippen LogP contribution >= 0.6 is 35.0 Å². The van der Waals surface area contributed by atoms with Crippen LogP contribution < -0.4 is 10.2 Å². The summed E-state index contributed by atoms with van der Waals surface area (Å²) in [4.78, 5) is 29.6. The van der Waals surface area contributed by atoms with Gasteiger partial charge in [-0.25, -0.2) is 4.79 Å². The van der Waals surface area contributed by atoms with Crippen molar-refractivity contribution in [2.75, 3.05) is 22.5 Å². The van der Waals surface area contributed by atoms with E-state index in [1.165, 1.54) is 11.8 Å². The molecule has 0 radical (unpaired) electrons. The minimum absolute atomic E-state index is 0.130. The fraction of sp³-hybridized carbons (Fsp3) is 0.200. The highest BCUT2D eigenvalue weighted by Gasteiger charge is 2.59. The van der Waals surface area contributed by atoms with Crippen LogP contribution in [0.1, 0.15) is 16.7 Å². The maximum Gasteiger partial charge on any atom is 0.323 e. The Morgan fingerprint density at radius 1 is 1.06 bits per heavy atom. The molecule has 1 saturated heterocycles. The monoisotopic (exact) mass is 497 g/mol. The molecule has 8 heteroatoms. The van der Waals surface area contributed by atoms with Crippen molar-refractivity contribution >= 4 is 58.3 Å². The molecule has 1 unspecified atom stereocenters. The standard InChI is InChI=1S/C25H21Cl2N3O2S/c1-16-3-2-4-17(13-16)15-29-22-10-7-19(27)14-21(22)25(23(29)31)30(11-12-33-25)24(32)28-20-8-5-18(26)6-9-20/h2-10,13-14H,11-12,15H2,1H3,(H,28,32). The van der Waals surface area contributed by atoms with Gasteiger partial charge in [0, 0.05) is 33.6 Å². The molecule has 0 saturated carbocycles. The van der Waals surface area contributed by atoms with E-state index >= 15 is 0 Å². The first kappa shape index (κ1) is 22.1. The first-order valence-electron chi connectivity index (χ1n) is 10.5. The van der Waals surface area contributed by atoms with Crippen LogP contribution in [0.15, 0.2) is 66.7 Å². The van der Waals surface area contributed by atoms with E-state index in [1.807, 2.05) is 37.3 Å². The third-order valence-corrected chi connectivity index (χ3v) is 7.83. The van der Waals surface area contributed by atoms with E-state index in [4.69, 9.17) is 23.2 Å². The summed E-state index contributed by atoms with van der Waals surface area (Å²) in [5.41, 5.74) is 4.31. The minimum atomic E-state index is -1.15. The summed E-state index contributed by atoms with van der Waals surface area (Å²) in [5.74, 6) is 0.513. The predicted octanol–water partition coefficient (Wildman–Crippen LogP) is 6.28. The summed E-state index contributed by atoms with van der Waals surface area (Å²) in [6.07, 6.45) is 0. The molecule has 3 aromatic carbocycles. The van der Waals surface area contributed by atoms with Crippen molar-refractivity contribution in [1.82, 2.24) is 4.90 Å². The molecule has 5 nitrogen and oxygen atoms in total. The number of halogens is 2. The van der Waals surface area contributed by atoms with Gasteiger partial charge >= 0.3 is 6.03 Å². The van der Waals surface area contributed by atoms with Crippen LogP contribution in [0.2, 0.25) is 10.0 Å². The Bertz CT molecular complexity index is 1250. The van der Waals surface area contributed by atoms with Crippen molar-refractivity contribution in [3.05, 3.63) is 93.5 Å². The summed E-state index contributed by atoms with van der Waals surface area (Å²) in [7, 11) is 0. The average Bonchev–Trinajstić information content (AvgIpc) is 3.33. The summed E-state index contributed by atoms with van der Waals surface area (Å²) in [6, 6.07) is 20.1. The highest BCUT2D eigenvalue weighted by Crippen LogP contribution is 2.55. The van der Waals surface area contributed by atoms with E-state index in [0.717, 1.165) is 22.4 Å². The first-order chi connectivity index (χ1) is 15.9. The largest absolute Gasteiger partial charge is 0.323 e. The van der Waals surface area contributed by atoms with E-state index in [1.54, 1.807) is 40.1 Å². The number of carbonyl (C=O) groups is 2. The highest BCUT2D eigenvalue weighted by molar-refractivity contribution is 8.01. The lowest BCUT2D eigenvalue weighted by Crippen LogP contribution is -2.51. The minimum Gasteiger partial charge on any atom is -0.308 e. The van der Waals surface area contributed by atoms with Gasteiger partial charge in [0.25, 0.3) is 5.91 Å². The first-order valence-corrected chi connectivity index (χ1v) is 12.3. The molecule has 1 spiro atoms. The predicted molar refractivity (Wildman–Crippen MR) is 135 cm³/mol. The smallest absolute Gasteiger partial charge is 0.308 e. The SMILES string of the molecule is Cc1cccc(CN2C(=O)C3(SCCN3C(=O)Nc3ccc(Cl)cc3)c3cc(Cl)ccc32)c1. The summed E-state index contributed by atoms with van der Waals surface area (Å²) in [6.45, 7) is 2.89. The van der Waals surface area contributed by atoms with Gasteiger partial charge in [-0.15, -0.1) is 11.8 Å². The van der Waals surface area contributed by atoms with Crippen LogP contribution in [0.4, 0.5) is 16.2 Å². The molecule has 1 fully saturated rings. The van der Waals surface area contributed by atoms with Gasteiger partial charge in [-0.2, -0.15) is 0 Å². The maximum absolute atomic E-state index is 14.0. The Kier molecular flexibility index (Phi) is 5.77. The summed E-state index contributed by atoms with van der Waals surface area (Å²) < 4.78 is 0. The van der Waals surface area contributed by atoms with Crippen LogP contribution in [0.3, 0.4) is 0 Å². The quantitative estimate of drug-likeness (QED) is 0.462. The molecule has 33 heavy (non-hydrogen) atoms. The van der Waals surface area contributed by atoms with Gasteiger partial charge in [-0.05, 0) is 55.0 Å². The van der Waals surface area contributed by atoms with Gasteiger partial charge in [-0.1, -0.05) is 53.0 Å². The van der Waals surface area contributed by atoms with Crippen molar-refractivity contribution in [2.24, 2.45) is 0 Å². The fourth-order valence-corrected chi connectivity index (χ4v) is 6.21. The van der Waals surface area contributed by atoms with Gasteiger partial charge in [0.1, 0.15) is 0 Å². The number of carbonyl (C=O) groups excluding carboxylic acids is 2. The number of thioether (sulfide) groups is 1.